The molecule has 0 aliphatic rings. The average molecular weight is 339 g/mol. The number of rotatable bonds is 5. The predicted molar refractivity (Wildman–Crippen MR) is 86.6 cm³/mol. The molecule has 0 spiro atoms. The molecule has 0 bridgehead atoms. The maximum Gasteiger partial charge on any atom is 0.435 e. The largest absolute Gasteiger partial charge is 0.435 e. The van der Waals surface area contributed by atoms with E-state index >= 15 is 0 Å². The molecule has 1 aromatic carbocycles. The third kappa shape index (κ3) is 5.00. The monoisotopic (exact) mass is 339 g/mol. The Balaban J connectivity index is 1.88. The van der Waals surface area contributed by atoms with Gasteiger partial charge in [-0.25, -0.2) is 0 Å². The number of aliphatic imine (C=N–C) groups is 1. The molecule has 1 aromatic heterocycles. The Labute approximate surface area is 138 Å². The standard InChI is InChI=1S/C16H20F3N5/c1-20-15(21-9-8-12-6-4-3-5-7-12)22-10-13-11-24(2)23-14(13)16(17,18)19/h3-7,11H,8-10H2,1-2H3,(H2,20,21,22). The van der Waals surface area contributed by atoms with Crippen LogP contribution < -0.4 is 10.6 Å². The fourth-order valence-corrected chi connectivity index (χ4v) is 2.28. The molecule has 0 saturated carbocycles. The van der Waals surface area contributed by atoms with Gasteiger partial charge >= 0.3 is 6.18 Å². The van der Waals surface area contributed by atoms with Gasteiger partial charge in [-0.1, -0.05) is 30.3 Å². The molecule has 2 aromatic rings. The van der Waals surface area contributed by atoms with Crippen molar-refractivity contribution in [2.75, 3.05) is 13.6 Å². The zero-order valence-corrected chi connectivity index (χ0v) is 13.6. The van der Waals surface area contributed by atoms with Crippen LogP contribution >= 0.6 is 0 Å². The zero-order chi connectivity index (χ0) is 17.6. The molecule has 0 saturated heterocycles. The second-order valence-corrected chi connectivity index (χ2v) is 5.26. The lowest BCUT2D eigenvalue weighted by Gasteiger charge is -2.12. The number of benzene rings is 1. The Bertz CT molecular complexity index is 677. The van der Waals surface area contributed by atoms with Crippen LogP contribution in [0.4, 0.5) is 13.2 Å². The number of halogens is 3. The molecule has 2 rings (SSSR count). The molecule has 0 aliphatic heterocycles. The second kappa shape index (κ2) is 7.85. The van der Waals surface area contributed by atoms with Gasteiger partial charge < -0.3 is 10.6 Å². The van der Waals surface area contributed by atoms with E-state index in [0.717, 1.165) is 11.1 Å². The van der Waals surface area contributed by atoms with Crippen LogP contribution in [-0.4, -0.2) is 29.3 Å². The summed E-state index contributed by atoms with van der Waals surface area (Å²) in [6.07, 6.45) is -2.32. The molecule has 0 fully saturated rings. The first kappa shape index (κ1) is 17.8. The normalized spacial score (nSPS) is 12.3. The zero-order valence-electron chi connectivity index (χ0n) is 13.6. The van der Waals surface area contributed by atoms with Gasteiger partial charge in [-0.15, -0.1) is 0 Å². The summed E-state index contributed by atoms with van der Waals surface area (Å²) in [5.74, 6) is 0.447. The quantitative estimate of drug-likeness (QED) is 0.649. The van der Waals surface area contributed by atoms with E-state index in [4.69, 9.17) is 0 Å². The minimum Gasteiger partial charge on any atom is -0.356 e. The Kier molecular flexibility index (Phi) is 5.83. The number of aryl methyl sites for hydroxylation is 1. The number of nitrogens with one attached hydrogen (secondary N) is 2. The summed E-state index contributed by atoms with van der Waals surface area (Å²) in [6, 6.07) is 9.91. The van der Waals surface area contributed by atoms with Gasteiger partial charge in [0.25, 0.3) is 0 Å². The summed E-state index contributed by atoms with van der Waals surface area (Å²) in [5.41, 5.74) is 0.375. The molecule has 2 N–H and O–H groups in total. The lowest BCUT2D eigenvalue weighted by Crippen LogP contribution is -2.38. The summed E-state index contributed by atoms with van der Waals surface area (Å²) < 4.78 is 39.9. The maximum absolute atomic E-state index is 12.9. The highest BCUT2D eigenvalue weighted by atomic mass is 19.4. The number of guanidine groups is 1. The summed E-state index contributed by atoms with van der Waals surface area (Å²) in [6.45, 7) is 0.622. The van der Waals surface area contributed by atoms with E-state index < -0.39 is 11.9 Å². The van der Waals surface area contributed by atoms with Crippen molar-refractivity contribution in [1.29, 1.82) is 0 Å². The number of hydrogen-bond acceptors (Lipinski definition) is 2. The molecule has 1 heterocycles. The van der Waals surface area contributed by atoms with Crippen LogP contribution in [0.3, 0.4) is 0 Å². The number of alkyl halides is 3. The molecule has 0 atom stereocenters. The van der Waals surface area contributed by atoms with E-state index in [1.807, 2.05) is 30.3 Å². The second-order valence-electron chi connectivity index (χ2n) is 5.26. The van der Waals surface area contributed by atoms with Crippen LogP contribution in [0.25, 0.3) is 0 Å². The summed E-state index contributed by atoms with van der Waals surface area (Å²) in [4.78, 5) is 4.02. The first-order valence-electron chi connectivity index (χ1n) is 7.48. The van der Waals surface area contributed by atoms with Crippen molar-refractivity contribution < 1.29 is 13.2 Å². The van der Waals surface area contributed by atoms with Gasteiger partial charge in [0.15, 0.2) is 11.7 Å². The third-order valence-electron chi connectivity index (χ3n) is 3.39. The van der Waals surface area contributed by atoms with E-state index in [9.17, 15) is 13.2 Å². The fraction of sp³-hybridized carbons (Fsp3) is 0.375. The molecule has 24 heavy (non-hydrogen) atoms. The first-order chi connectivity index (χ1) is 11.4. The van der Waals surface area contributed by atoms with Crippen LogP contribution in [0.2, 0.25) is 0 Å². The number of nitrogens with zero attached hydrogens (tertiary/aromatic N) is 3. The summed E-state index contributed by atoms with van der Waals surface area (Å²) in [5, 5.41) is 9.45. The maximum atomic E-state index is 12.9. The molecule has 0 unspecified atom stereocenters. The molecule has 130 valence electrons. The van der Waals surface area contributed by atoms with Gasteiger partial charge in [-0.2, -0.15) is 18.3 Å². The van der Waals surface area contributed by atoms with Gasteiger partial charge in [0.1, 0.15) is 0 Å². The van der Waals surface area contributed by atoms with E-state index in [2.05, 4.69) is 20.7 Å². The molecule has 0 aliphatic carbocycles. The van der Waals surface area contributed by atoms with Crippen molar-refractivity contribution >= 4 is 5.96 Å². The van der Waals surface area contributed by atoms with E-state index in [1.54, 1.807) is 7.05 Å². The topological polar surface area (TPSA) is 54.2 Å². The lowest BCUT2D eigenvalue weighted by molar-refractivity contribution is -0.142. The van der Waals surface area contributed by atoms with E-state index in [0.29, 0.717) is 12.5 Å². The Morgan fingerprint density at radius 1 is 1.21 bits per heavy atom. The van der Waals surface area contributed by atoms with Crippen LogP contribution in [-0.2, 0) is 26.2 Å². The molecule has 5 nitrogen and oxygen atoms in total. The highest BCUT2D eigenvalue weighted by Crippen LogP contribution is 2.30. The van der Waals surface area contributed by atoms with Crippen LogP contribution in [0.15, 0.2) is 41.5 Å². The number of hydrogen-bond donors (Lipinski definition) is 2. The highest BCUT2D eigenvalue weighted by Gasteiger charge is 2.36. The van der Waals surface area contributed by atoms with Crippen LogP contribution in [0.5, 0.6) is 0 Å². The van der Waals surface area contributed by atoms with Crippen molar-refractivity contribution in [1.82, 2.24) is 20.4 Å². The lowest BCUT2D eigenvalue weighted by atomic mass is 10.1. The number of aromatic nitrogens is 2. The van der Waals surface area contributed by atoms with Gasteiger partial charge in [0, 0.05) is 38.9 Å². The third-order valence-corrected chi connectivity index (χ3v) is 3.39. The predicted octanol–water partition coefficient (Wildman–Crippen LogP) is 2.35. The van der Waals surface area contributed by atoms with Crippen molar-refractivity contribution in [2.24, 2.45) is 12.0 Å². The van der Waals surface area contributed by atoms with Gasteiger partial charge in [-0.3, -0.25) is 9.67 Å². The minimum atomic E-state index is -4.47. The Hall–Kier alpha value is -2.51. The van der Waals surface area contributed by atoms with Crippen molar-refractivity contribution in [3.05, 3.63) is 53.3 Å². The van der Waals surface area contributed by atoms with E-state index in [-0.39, 0.29) is 12.1 Å². The summed E-state index contributed by atoms with van der Waals surface area (Å²) >= 11 is 0. The van der Waals surface area contributed by atoms with Gasteiger partial charge in [0.05, 0.1) is 0 Å². The minimum absolute atomic E-state index is 0.00626. The fourth-order valence-electron chi connectivity index (χ4n) is 2.28. The Morgan fingerprint density at radius 3 is 2.54 bits per heavy atom. The SMILES string of the molecule is CN=C(NCCc1ccccc1)NCc1cn(C)nc1C(F)(F)F. The van der Waals surface area contributed by atoms with Gasteiger partial charge in [0.2, 0.25) is 0 Å². The van der Waals surface area contributed by atoms with Crippen LogP contribution in [0.1, 0.15) is 16.8 Å². The van der Waals surface area contributed by atoms with Crippen molar-refractivity contribution in [2.45, 2.75) is 19.1 Å². The smallest absolute Gasteiger partial charge is 0.356 e. The molecular formula is C16H20F3N5. The van der Waals surface area contributed by atoms with Gasteiger partial charge in [-0.05, 0) is 12.0 Å². The molecule has 8 heteroatoms. The summed E-state index contributed by atoms with van der Waals surface area (Å²) in [7, 11) is 3.04. The van der Waals surface area contributed by atoms with Crippen molar-refractivity contribution in [3.8, 4) is 0 Å². The molecule has 0 radical (unpaired) electrons. The molecule has 0 amide bonds. The highest BCUT2D eigenvalue weighted by molar-refractivity contribution is 5.79. The van der Waals surface area contributed by atoms with Crippen molar-refractivity contribution in [3.63, 3.8) is 0 Å². The average Bonchev–Trinajstić information content (AvgIpc) is 2.93. The Morgan fingerprint density at radius 2 is 1.92 bits per heavy atom. The van der Waals surface area contributed by atoms with Crippen LogP contribution in [0, 0.1) is 0 Å². The van der Waals surface area contributed by atoms with E-state index in [1.165, 1.54) is 18.8 Å². The molecular weight excluding hydrogens is 319 g/mol. The first-order valence-corrected chi connectivity index (χ1v) is 7.48.